The molecule has 0 aliphatic rings. The fraction of sp³-hybridized carbons (Fsp3) is 0.316. The molecule has 0 spiro atoms. The van der Waals surface area contributed by atoms with E-state index in [9.17, 15) is 14.9 Å². The number of hydrogen-bond acceptors (Lipinski definition) is 5. The van der Waals surface area contributed by atoms with Gasteiger partial charge in [-0.2, -0.15) is 0 Å². The number of nitro benzene ring substituents is 1. The number of rotatable bonds is 9. The zero-order valence-corrected chi connectivity index (χ0v) is 15.9. The predicted molar refractivity (Wildman–Crippen MR) is 103 cm³/mol. The van der Waals surface area contributed by atoms with E-state index in [2.05, 4.69) is 5.32 Å². The Hall–Kier alpha value is -2.80. The molecule has 2 aromatic rings. The summed E-state index contributed by atoms with van der Waals surface area (Å²) in [5.41, 5.74) is 0.870. The maximum Gasteiger partial charge on any atom is 0.288 e. The average molecular weight is 393 g/mol. The predicted octanol–water partition coefficient (Wildman–Crippen LogP) is 4.02. The van der Waals surface area contributed by atoms with Crippen molar-refractivity contribution in [3.63, 3.8) is 0 Å². The van der Waals surface area contributed by atoms with Gasteiger partial charge in [0.25, 0.3) is 11.6 Å². The van der Waals surface area contributed by atoms with Crippen LogP contribution in [0, 0.1) is 10.1 Å². The van der Waals surface area contributed by atoms with Crippen LogP contribution in [0.15, 0.2) is 36.4 Å². The van der Waals surface area contributed by atoms with Gasteiger partial charge in [-0.3, -0.25) is 14.9 Å². The van der Waals surface area contributed by atoms with Crippen LogP contribution in [0.25, 0.3) is 0 Å². The molecule has 0 saturated carbocycles. The first-order valence-electron chi connectivity index (χ1n) is 8.56. The van der Waals surface area contributed by atoms with Gasteiger partial charge in [-0.25, -0.2) is 0 Å². The Morgan fingerprint density at radius 2 is 1.81 bits per heavy atom. The van der Waals surface area contributed by atoms with Crippen LogP contribution in [0.3, 0.4) is 0 Å². The quantitative estimate of drug-likeness (QED) is 0.514. The number of amides is 1. The van der Waals surface area contributed by atoms with Gasteiger partial charge in [-0.1, -0.05) is 17.7 Å². The molecule has 1 amide bonds. The van der Waals surface area contributed by atoms with Crippen LogP contribution >= 0.6 is 11.6 Å². The number of hydrogen-bond donors (Lipinski definition) is 1. The van der Waals surface area contributed by atoms with Crippen LogP contribution < -0.4 is 14.8 Å². The van der Waals surface area contributed by atoms with Crippen molar-refractivity contribution in [2.24, 2.45) is 0 Å². The molecule has 0 saturated heterocycles. The van der Waals surface area contributed by atoms with E-state index in [1.54, 1.807) is 0 Å². The molecule has 0 radical (unpaired) electrons. The smallest absolute Gasteiger partial charge is 0.288 e. The third-order valence-corrected chi connectivity index (χ3v) is 4.03. The summed E-state index contributed by atoms with van der Waals surface area (Å²) in [5, 5.41) is 13.7. The van der Waals surface area contributed by atoms with Crippen LogP contribution in [0.5, 0.6) is 11.5 Å². The van der Waals surface area contributed by atoms with Gasteiger partial charge in [-0.15, -0.1) is 0 Å². The third kappa shape index (κ3) is 5.59. The molecule has 144 valence electrons. The summed E-state index contributed by atoms with van der Waals surface area (Å²) in [7, 11) is 0. The van der Waals surface area contributed by atoms with Crippen molar-refractivity contribution in [3.05, 3.63) is 62.7 Å². The lowest BCUT2D eigenvalue weighted by Gasteiger charge is -2.12. The minimum atomic E-state index is -0.617. The van der Waals surface area contributed by atoms with Crippen molar-refractivity contribution in [2.45, 2.75) is 20.3 Å². The summed E-state index contributed by atoms with van der Waals surface area (Å²) < 4.78 is 11.1. The van der Waals surface area contributed by atoms with Crippen molar-refractivity contribution in [2.75, 3.05) is 19.8 Å². The van der Waals surface area contributed by atoms with Gasteiger partial charge < -0.3 is 14.8 Å². The largest absolute Gasteiger partial charge is 0.490 e. The Bertz CT molecular complexity index is 826. The molecular weight excluding hydrogens is 372 g/mol. The first kappa shape index (κ1) is 20.5. The third-order valence-electron chi connectivity index (χ3n) is 3.71. The average Bonchev–Trinajstić information content (AvgIpc) is 2.64. The molecule has 1 N–H and O–H groups in total. The molecule has 0 bridgehead atoms. The number of nitrogens with zero attached hydrogens (tertiary/aromatic N) is 1. The molecule has 8 heteroatoms. The SMILES string of the molecule is CCOc1ccc(CCNC(=O)c2ccc(Cl)c([N+](=O)[O-])c2)cc1OCC. The van der Waals surface area contributed by atoms with E-state index in [1.807, 2.05) is 32.0 Å². The second-order valence-electron chi connectivity index (χ2n) is 5.58. The second-order valence-corrected chi connectivity index (χ2v) is 5.98. The van der Waals surface area contributed by atoms with Gasteiger partial charge in [0, 0.05) is 18.2 Å². The fourth-order valence-electron chi connectivity index (χ4n) is 2.47. The number of halogens is 1. The molecule has 0 unspecified atom stereocenters. The first-order chi connectivity index (χ1) is 13.0. The highest BCUT2D eigenvalue weighted by atomic mass is 35.5. The number of carbonyl (C=O) groups excluding carboxylic acids is 1. The summed E-state index contributed by atoms with van der Waals surface area (Å²) in [6.45, 7) is 5.24. The summed E-state index contributed by atoms with van der Waals surface area (Å²) in [6, 6.07) is 9.60. The molecule has 0 heterocycles. The summed E-state index contributed by atoms with van der Waals surface area (Å²) in [4.78, 5) is 22.5. The second kappa shape index (κ2) is 9.78. The number of nitrogens with one attached hydrogen (secondary N) is 1. The van der Waals surface area contributed by atoms with Crippen LogP contribution in [0.4, 0.5) is 5.69 Å². The first-order valence-corrected chi connectivity index (χ1v) is 8.94. The van der Waals surface area contributed by atoms with Gasteiger partial charge >= 0.3 is 0 Å². The summed E-state index contributed by atoms with van der Waals surface area (Å²) in [5.74, 6) is 0.947. The van der Waals surface area contributed by atoms with Crippen molar-refractivity contribution in [3.8, 4) is 11.5 Å². The maximum absolute atomic E-state index is 12.2. The highest BCUT2D eigenvalue weighted by Crippen LogP contribution is 2.28. The van der Waals surface area contributed by atoms with Crippen LogP contribution in [-0.2, 0) is 6.42 Å². The highest BCUT2D eigenvalue weighted by molar-refractivity contribution is 6.32. The van der Waals surface area contributed by atoms with E-state index in [4.69, 9.17) is 21.1 Å². The van der Waals surface area contributed by atoms with E-state index in [0.717, 1.165) is 5.56 Å². The standard InChI is InChI=1S/C19H21ClN2O5/c1-3-26-17-8-5-13(11-18(17)27-4-2)9-10-21-19(23)14-6-7-15(20)16(12-14)22(24)25/h5-8,11-12H,3-4,9-10H2,1-2H3,(H,21,23). The number of ether oxygens (including phenoxy) is 2. The Kier molecular flexibility index (Phi) is 7.43. The molecule has 27 heavy (non-hydrogen) atoms. The molecule has 0 aliphatic carbocycles. The van der Waals surface area contributed by atoms with E-state index in [0.29, 0.717) is 37.7 Å². The van der Waals surface area contributed by atoms with Crippen molar-refractivity contribution >= 4 is 23.2 Å². The number of benzene rings is 2. The van der Waals surface area contributed by atoms with Gasteiger partial charge in [0.2, 0.25) is 0 Å². The zero-order valence-electron chi connectivity index (χ0n) is 15.2. The summed E-state index contributed by atoms with van der Waals surface area (Å²) >= 11 is 5.76. The number of carbonyl (C=O) groups is 1. The Balaban J connectivity index is 1.99. The maximum atomic E-state index is 12.2. The normalized spacial score (nSPS) is 10.3. The minimum absolute atomic E-state index is 0.00519. The lowest BCUT2D eigenvalue weighted by atomic mass is 10.1. The van der Waals surface area contributed by atoms with Crippen molar-refractivity contribution in [1.29, 1.82) is 0 Å². The molecule has 2 rings (SSSR count). The van der Waals surface area contributed by atoms with E-state index in [-0.39, 0.29) is 16.3 Å². The monoisotopic (exact) mass is 392 g/mol. The molecule has 0 aromatic heterocycles. The molecule has 0 atom stereocenters. The van der Waals surface area contributed by atoms with Crippen LogP contribution in [-0.4, -0.2) is 30.6 Å². The molecule has 0 fully saturated rings. The lowest BCUT2D eigenvalue weighted by molar-refractivity contribution is -0.384. The van der Waals surface area contributed by atoms with E-state index >= 15 is 0 Å². The van der Waals surface area contributed by atoms with E-state index in [1.165, 1.54) is 18.2 Å². The van der Waals surface area contributed by atoms with Crippen LogP contribution in [0.2, 0.25) is 5.02 Å². The van der Waals surface area contributed by atoms with Crippen molar-refractivity contribution in [1.82, 2.24) is 5.32 Å². The van der Waals surface area contributed by atoms with Gasteiger partial charge in [0.1, 0.15) is 5.02 Å². The minimum Gasteiger partial charge on any atom is -0.490 e. The Labute approximate surface area is 162 Å². The number of nitro groups is 1. The van der Waals surface area contributed by atoms with Gasteiger partial charge in [0.15, 0.2) is 11.5 Å². The van der Waals surface area contributed by atoms with Gasteiger partial charge in [-0.05, 0) is 50.1 Å². The zero-order chi connectivity index (χ0) is 19.8. The fourth-order valence-corrected chi connectivity index (χ4v) is 2.65. The summed E-state index contributed by atoms with van der Waals surface area (Å²) in [6.07, 6.45) is 0.577. The molecule has 7 nitrogen and oxygen atoms in total. The molecule has 0 aliphatic heterocycles. The Morgan fingerprint density at radius 1 is 1.11 bits per heavy atom. The van der Waals surface area contributed by atoms with Crippen LogP contribution in [0.1, 0.15) is 29.8 Å². The topological polar surface area (TPSA) is 90.7 Å². The van der Waals surface area contributed by atoms with Gasteiger partial charge in [0.05, 0.1) is 18.1 Å². The highest BCUT2D eigenvalue weighted by Gasteiger charge is 2.16. The van der Waals surface area contributed by atoms with E-state index < -0.39 is 10.8 Å². The molecular formula is C19H21ClN2O5. The Morgan fingerprint density at radius 3 is 2.48 bits per heavy atom. The van der Waals surface area contributed by atoms with Crippen molar-refractivity contribution < 1.29 is 19.2 Å². The lowest BCUT2D eigenvalue weighted by Crippen LogP contribution is -2.25. The molecule has 2 aromatic carbocycles.